The van der Waals surface area contributed by atoms with Crippen LogP contribution in [0.1, 0.15) is 10.5 Å². The lowest BCUT2D eigenvalue weighted by molar-refractivity contribution is -0.392. The third kappa shape index (κ3) is 1.24. The van der Waals surface area contributed by atoms with E-state index in [1.165, 1.54) is 7.05 Å². The van der Waals surface area contributed by atoms with Crippen LogP contribution < -0.4 is 5.11 Å². The summed E-state index contributed by atoms with van der Waals surface area (Å²) in [6.45, 7) is 0. The SMILES string of the molecule is Cn1nc(C(=O)[O-])cc1[N+](=O)[O-]. The Hall–Kier alpha value is -1.92. The zero-order chi connectivity index (χ0) is 9.30. The molecule has 1 rings (SSSR count). The number of carboxylic acids is 1. The van der Waals surface area contributed by atoms with Gasteiger partial charge in [0.25, 0.3) is 0 Å². The topological polar surface area (TPSA) is 101 Å². The van der Waals surface area contributed by atoms with Crippen LogP contribution in [0.3, 0.4) is 0 Å². The summed E-state index contributed by atoms with van der Waals surface area (Å²) in [5.74, 6) is -1.91. The Morgan fingerprint density at radius 1 is 1.75 bits per heavy atom. The van der Waals surface area contributed by atoms with Crippen molar-refractivity contribution in [3.63, 3.8) is 0 Å². The number of carbonyl (C=O) groups excluding carboxylic acids is 1. The van der Waals surface area contributed by atoms with Gasteiger partial charge in [0, 0.05) is 0 Å². The van der Waals surface area contributed by atoms with Gasteiger partial charge < -0.3 is 20.0 Å². The average molecular weight is 170 g/mol. The largest absolute Gasteiger partial charge is 0.543 e. The van der Waals surface area contributed by atoms with E-state index in [9.17, 15) is 20.0 Å². The molecule has 0 atom stereocenters. The van der Waals surface area contributed by atoms with Crippen LogP contribution in [0.25, 0.3) is 0 Å². The van der Waals surface area contributed by atoms with Crippen molar-refractivity contribution in [2.45, 2.75) is 0 Å². The molecular formula is C5H4N3O4-. The second-order valence-corrected chi connectivity index (χ2v) is 2.06. The van der Waals surface area contributed by atoms with Crippen molar-refractivity contribution in [2.24, 2.45) is 7.05 Å². The number of nitro groups is 1. The number of rotatable bonds is 2. The summed E-state index contributed by atoms with van der Waals surface area (Å²) in [7, 11) is 1.28. The maximum atomic E-state index is 10.2. The van der Waals surface area contributed by atoms with Crippen LogP contribution in [0.2, 0.25) is 0 Å². The normalized spacial score (nSPS) is 9.75. The third-order valence-corrected chi connectivity index (χ3v) is 1.25. The molecular weight excluding hydrogens is 166 g/mol. The first kappa shape index (κ1) is 8.18. The molecule has 0 saturated carbocycles. The second kappa shape index (κ2) is 2.61. The molecule has 1 heterocycles. The number of aromatic carboxylic acids is 1. The molecule has 1 aromatic rings. The minimum Gasteiger partial charge on any atom is -0.543 e. The number of hydrogen-bond acceptors (Lipinski definition) is 5. The molecule has 0 radical (unpaired) electrons. The van der Waals surface area contributed by atoms with Gasteiger partial charge in [-0.25, -0.2) is 0 Å². The van der Waals surface area contributed by atoms with E-state index >= 15 is 0 Å². The summed E-state index contributed by atoms with van der Waals surface area (Å²) in [5.41, 5.74) is -0.441. The molecule has 7 nitrogen and oxygen atoms in total. The molecule has 0 aliphatic heterocycles. The van der Waals surface area contributed by atoms with Crippen LogP contribution in [0.4, 0.5) is 5.82 Å². The molecule has 1 aromatic heterocycles. The van der Waals surface area contributed by atoms with E-state index in [0.29, 0.717) is 0 Å². The van der Waals surface area contributed by atoms with Gasteiger partial charge in [-0.15, -0.1) is 4.68 Å². The smallest absolute Gasteiger partial charge is 0.345 e. The number of hydrogen-bond donors (Lipinski definition) is 0. The van der Waals surface area contributed by atoms with Crippen LogP contribution in [-0.2, 0) is 7.05 Å². The number of aromatic nitrogens is 2. The summed E-state index contributed by atoms with van der Waals surface area (Å²) >= 11 is 0. The van der Waals surface area contributed by atoms with Gasteiger partial charge in [0.1, 0.15) is 12.7 Å². The molecule has 0 bridgehead atoms. The minimum atomic E-state index is -1.53. The summed E-state index contributed by atoms with van der Waals surface area (Å²) in [6, 6.07) is 0.843. The molecule has 0 aliphatic carbocycles. The zero-order valence-corrected chi connectivity index (χ0v) is 6.05. The lowest BCUT2D eigenvalue weighted by Crippen LogP contribution is -2.22. The minimum absolute atomic E-state index is 0.380. The van der Waals surface area contributed by atoms with Crippen LogP contribution in [0, 0.1) is 10.1 Å². The molecule has 0 saturated heterocycles. The average Bonchev–Trinajstić information content (AvgIpc) is 2.30. The highest BCUT2D eigenvalue weighted by Crippen LogP contribution is 2.10. The molecule has 0 aliphatic rings. The highest BCUT2D eigenvalue weighted by atomic mass is 16.6. The van der Waals surface area contributed by atoms with Gasteiger partial charge >= 0.3 is 5.82 Å². The Labute approximate surface area is 66.4 Å². The summed E-state index contributed by atoms with van der Waals surface area (Å²) in [6.07, 6.45) is 0. The van der Waals surface area contributed by atoms with E-state index in [4.69, 9.17) is 0 Å². The fraction of sp³-hybridized carbons (Fsp3) is 0.200. The standard InChI is InChI=1S/C5H5N3O4/c1-7-4(8(11)12)2-3(6-7)5(9)10/h2H,1H3,(H,9,10)/p-1. The van der Waals surface area contributed by atoms with E-state index in [0.717, 1.165) is 10.7 Å². The molecule has 12 heavy (non-hydrogen) atoms. The number of nitrogens with zero attached hydrogens (tertiary/aromatic N) is 3. The second-order valence-electron chi connectivity index (χ2n) is 2.06. The van der Waals surface area contributed by atoms with Gasteiger partial charge in [0.2, 0.25) is 0 Å². The van der Waals surface area contributed by atoms with Crippen LogP contribution in [0.15, 0.2) is 6.07 Å². The van der Waals surface area contributed by atoms with Gasteiger partial charge in [-0.2, -0.15) is 0 Å². The number of carbonyl (C=O) groups is 1. The van der Waals surface area contributed by atoms with Gasteiger partial charge in [-0.05, 0) is 4.92 Å². The molecule has 0 spiro atoms. The van der Waals surface area contributed by atoms with Gasteiger partial charge in [0.05, 0.1) is 12.0 Å². The number of aryl methyl sites for hydroxylation is 1. The predicted molar refractivity (Wildman–Crippen MR) is 34.2 cm³/mol. The maximum absolute atomic E-state index is 10.2. The predicted octanol–water partition coefficient (Wildman–Crippen LogP) is -1.31. The summed E-state index contributed by atoms with van der Waals surface area (Å²) in [5, 5.41) is 23.7. The van der Waals surface area contributed by atoms with Gasteiger partial charge in [0.15, 0.2) is 0 Å². The first-order valence-electron chi connectivity index (χ1n) is 2.92. The summed E-state index contributed by atoms with van der Waals surface area (Å²) < 4.78 is 0.866. The monoisotopic (exact) mass is 170 g/mol. The van der Waals surface area contributed by atoms with Gasteiger partial charge in [-0.3, -0.25) is 0 Å². The lowest BCUT2D eigenvalue weighted by Gasteiger charge is -1.89. The van der Waals surface area contributed by atoms with Crippen molar-refractivity contribution in [1.82, 2.24) is 9.78 Å². The Balaban J connectivity index is 3.17. The zero-order valence-electron chi connectivity index (χ0n) is 6.05. The van der Waals surface area contributed by atoms with E-state index in [-0.39, 0.29) is 5.82 Å². The quantitative estimate of drug-likeness (QED) is 0.405. The lowest BCUT2D eigenvalue weighted by atomic mass is 10.4. The summed E-state index contributed by atoms with van der Waals surface area (Å²) in [4.78, 5) is 19.6. The van der Waals surface area contributed by atoms with Crippen molar-refractivity contribution in [1.29, 1.82) is 0 Å². The van der Waals surface area contributed by atoms with Crippen molar-refractivity contribution < 1.29 is 14.8 Å². The molecule has 7 heteroatoms. The molecule has 0 unspecified atom stereocenters. The van der Waals surface area contributed by atoms with E-state index < -0.39 is 16.6 Å². The van der Waals surface area contributed by atoms with Crippen molar-refractivity contribution in [2.75, 3.05) is 0 Å². The molecule has 0 fully saturated rings. The number of carboxylic acid groups (broad SMARTS) is 1. The Kier molecular flexibility index (Phi) is 1.78. The first-order chi connectivity index (χ1) is 5.52. The first-order valence-corrected chi connectivity index (χ1v) is 2.92. The Morgan fingerprint density at radius 2 is 2.33 bits per heavy atom. The van der Waals surface area contributed by atoms with E-state index in [2.05, 4.69) is 5.10 Å². The molecule has 0 aromatic carbocycles. The van der Waals surface area contributed by atoms with Crippen LogP contribution in [0.5, 0.6) is 0 Å². The van der Waals surface area contributed by atoms with Crippen molar-refractivity contribution >= 4 is 11.8 Å². The molecule has 0 N–H and O–H groups in total. The van der Waals surface area contributed by atoms with E-state index in [1.807, 2.05) is 0 Å². The van der Waals surface area contributed by atoms with Gasteiger partial charge in [-0.1, -0.05) is 5.10 Å². The van der Waals surface area contributed by atoms with Crippen molar-refractivity contribution in [3.8, 4) is 0 Å². The van der Waals surface area contributed by atoms with E-state index in [1.54, 1.807) is 0 Å². The van der Waals surface area contributed by atoms with Crippen LogP contribution in [-0.4, -0.2) is 20.7 Å². The third-order valence-electron chi connectivity index (χ3n) is 1.25. The Morgan fingerprint density at radius 3 is 2.58 bits per heavy atom. The Bertz CT molecular complexity index is 342. The van der Waals surface area contributed by atoms with Crippen molar-refractivity contribution in [3.05, 3.63) is 21.9 Å². The highest BCUT2D eigenvalue weighted by molar-refractivity contribution is 5.83. The van der Waals surface area contributed by atoms with Crippen LogP contribution >= 0.6 is 0 Å². The fourth-order valence-electron chi connectivity index (χ4n) is 0.728. The fourth-order valence-corrected chi connectivity index (χ4v) is 0.728. The highest BCUT2D eigenvalue weighted by Gasteiger charge is 2.14. The molecule has 64 valence electrons. The maximum Gasteiger partial charge on any atom is 0.345 e. The molecule has 0 amide bonds.